The molecule has 0 saturated heterocycles. The van der Waals surface area contributed by atoms with E-state index in [0.29, 0.717) is 12.0 Å². The molecule has 128 valence electrons. The molecule has 1 N–H and O–H groups in total. The van der Waals surface area contributed by atoms with Gasteiger partial charge in [0.15, 0.2) is 0 Å². The lowest BCUT2D eigenvalue weighted by Gasteiger charge is -2.57. The molecular formula is C21H27NO2. The number of para-hydroxylation sites is 2. The van der Waals surface area contributed by atoms with Gasteiger partial charge in [0.25, 0.3) is 0 Å². The molecule has 24 heavy (non-hydrogen) atoms. The van der Waals surface area contributed by atoms with E-state index < -0.39 is 0 Å². The zero-order valence-electron chi connectivity index (χ0n) is 14.5. The standard InChI is InChI=1S/C21H27NO2/c1-14(13-24-20-6-4-3-5-19(20)22-15(2)23)21-10-16-7-17(11-21)9-18(8-16)12-21/h3-6,16-18H,1,7-13H2,2H3,(H,22,23). The first kappa shape index (κ1) is 15.7. The van der Waals surface area contributed by atoms with Gasteiger partial charge in [-0.25, -0.2) is 0 Å². The number of benzene rings is 1. The first-order valence-corrected chi connectivity index (χ1v) is 9.22. The van der Waals surface area contributed by atoms with Crippen molar-refractivity contribution < 1.29 is 9.53 Å². The molecule has 1 amide bonds. The minimum Gasteiger partial charge on any atom is -0.487 e. The van der Waals surface area contributed by atoms with Crippen LogP contribution in [0.4, 0.5) is 5.69 Å². The van der Waals surface area contributed by atoms with Gasteiger partial charge in [0.2, 0.25) is 5.91 Å². The molecular weight excluding hydrogens is 298 g/mol. The monoisotopic (exact) mass is 325 g/mol. The molecule has 0 unspecified atom stereocenters. The number of carbonyl (C=O) groups excluding carboxylic acids is 1. The lowest BCUT2D eigenvalue weighted by molar-refractivity contribution is -0.114. The Balaban J connectivity index is 1.45. The van der Waals surface area contributed by atoms with E-state index in [1.165, 1.54) is 51.0 Å². The summed E-state index contributed by atoms with van der Waals surface area (Å²) in [4.78, 5) is 11.3. The molecule has 4 bridgehead atoms. The normalized spacial score (nSPS) is 33.3. The van der Waals surface area contributed by atoms with Gasteiger partial charge in [-0.05, 0) is 79.4 Å². The van der Waals surface area contributed by atoms with E-state index >= 15 is 0 Å². The Kier molecular flexibility index (Phi) is 3.90. The molecule has 4 aliphatic carbocycles. The van der Waals surface area contributed by atoms with Crippen LogP contribution < -0.4 is 10.1 Å². The number of rotatable bonds is 5. The second-order valence-corrected chi connectivity index (χ2v) is 8.27. The van der Waals surface area contributed by atoms with Crippen LogP contribution in [0.25, 0.3) is 0 Å². The Morgan fingerprint density at radius 3 is 2.33 bits per heavy atom. The molecule has 4 aliphatic rings. The Labute approximate surface area is 144 Å². The van der Waals surface area contributed by atoms with Gasteiger partial charge in [-0.3, -0.25) is 4.79 Å². The van der Waals surface area contributed by atoms with Crippen LogP contribution >= 0.6 is 0 Å². The highest BCUT2D eigenvalue weighted by molar-refractivity contribution is 5.90. The van der Waals surface area contributed by atoms with Crippen LogP contribution in [0.2, 0.25) is 0 Å². The Bertz CT molecular complexity index is 628. The summed E-state index contributed by atoms with van der Waals surface area (Å²) in [5, 5.41) is 2.84. The molecule has 1 aromatic rings. The van der Waals surface area contributed by atoms with Crippen LogP contribution in [0.1, 0.15) is 45.4 Å². The number of ether oxygens (including phenoxy) is 1. The van der Waals surface area contributed by atoms with Crippen LogP contribution in [-0.4, -0.2) is 12.5 Å². The minimum atomic E-state index is -0.0778. The summed E-state index contributed by atoms with van der Waals surface area (Å²) in [7, 11) is 0. The highest BCUT2D eigenvalue weighted by atomic mass is 16.5. The third kappa shape index (κ3) is 2.85. The van der Waals surface area contributed by atoms with Crippen molar-refractivity contribution in [2.24, 2.45) is 23.2 Å². The van der Waals surface area contributed by atoms with Gasteiger partial charge in [0, 0.05) is 6.92 Å². The van der Waals surface area contributed by atoms with Gasteiger partial charge in [-0.2, -0.15) is 0 Å². The van der Waals surface area contributed by atoms with E-state index in [2.05, 4.69) is 11.9 Å². The largest absolute Gasteiger partial charge is 0.487 e. The van der Waals surface area contributed by atoms with E-state index in [1.807, 2.05) is 24.3 Å². The van der Waals surface area contributed by atoms with Crippen molar-refractivity contribution in [1.29, 1.82) is 0 Å². The van der Waals surface area contributed by atoms with E-state index in [4.69, 9.17) is 4.74 Å². The maximum absolute atomic E-state index is 11.3. The van der Waals surface area contributed by atoms with Crippen LogP contribution in [-0.2, 0) is 4.79 Å². The number of hydrogen-bond acceptors (Lipinski definition) is 2. The third-order valence-corrected chi connectivity index (χ3v) is 6.39. The van der Waals surface area contributed by atoms with Crippen molar-refractivity contribution in [1.82, 2.24) is 0 Å². The molecule has 0 aromatic heterocycles. The highest BCUT2D eigenvalue weighted by Crippen LogP contribution is 2.62. The summed E-state index contributed by atoms with van der Waals surface area (Å²) in [5.74, 6) is 3.41. The van der Waals surface area contributed by atoms with Gasteiger partial charge in [-0.1, -0.05) is 18.7 Å². The molecule has 0 spiro atoms. The van der Waals surface area contributed by atoms with E-state index in [-0.39, 0.29) is 5.91 Å². The quantitative estimate of drug-likeness (QED) is 0.790. The van der Waals surface area contributed by atoms with Gasteiger partial charge in [0.1, 0.15) is 12.4 Å². The predicted octanol–water partition coefficient (Wildman–Crippen LogP) is 4.80. The molecule has 3 nitrogen and oxygen atoms in total. The molecule has 5 rings (SSSR count). The Morgan fingerprint density at radius 1 is 1.17 bits per heavy atom. The summed E-state index contributed by atoms with van der Waals surface area (Å²) in [6.07, 6.45) is 8.27. The van der Waals surface area contributed by atoms with Gasteiger partial charge in [0.05, 0.1) is 5.69 Å². The number of amides is 1. The molecule has 0 aliphatic heterocycles. The average molecular weight is 325 g/mol. The number of anilines is 1. The summed E-state index contributed by atoms with van der Waals surface area (Å²) in [6, 6.07) is 7.64. The SMILES string of the molecule is C=C(COc1ccccc1NC(C)=O)C12CC3CC(CC(C3)C1)C2. The zero-order valence-corrected chi connectivity index (χ0v) is 14.5. The highest BCUT2D eigenvalue weighted by Gasteiger charge is 2.51. The average Bonchev–Trinajstić information content (AvgIpc) is 2.52. The van der Waals surface area contributed by atoms with Crippen molar-refractivity contribution >= 4 is 11.6 Å². The lowest BCUT2D eigenvalue weighted by Crippen LogP contribution is -2.47. The number of nitrogens with one attached hydrogen (secondary N) is 1. The fourth-order valence-corrected chi connectivity index (χ4v) is 5.75. The summed E-state index contributed by atoms with van der Waals surface area (Å²) >= 11 is 0. The number of carbonyl (C=O) groups is 1. The summed E-state index contributed by atoms with van der Waals surface area (Å²) in [6.45, 7) is 6.52. The maximum Gasteiger partial charge on any atom is 0.221 e. The summed E-state index contributed by atoms with van der Waals surface area (Å²) < 4.78 is 6.08. The van der Waals surface area contributed by atoms with E-state index in [0.717, 1.165) is 29.2 Å². The molecule has 4 saturated carbocycles. The minimum absolute atomic E-state index is 0.0778. The zero-order chi connectivity index (χ0) is 16.7. The summed E-state index contributed by atoms with van der Waals surface area (Å²) in [5.41, 5.74) is 2.32. The van der Waals surface area contributed by atoms with Crippen molar-refractivity contribution in [3.05, 3.63) is 36.4 Å². The lowest BCUT2D eigenvalue weighted by atomic mass is 9.48. The molecule has 4 fully saturated rings. The Morgan fingerprint density at radius 2 is 1.75 bits per heavy atom. The van der Waals surface area contributed by atoms with Crippen LogP contribution in [0.5, 0.6) is 5.75 Å². The van der Waals surface area contributed by atoms with Crippen LogP contribution in [0.15, 0.2) is 36.4 Å². The first-order valence-electron chi connectivity index (χ1n) is 9.22. The number of hydrogen-bond donors (Lipinski definition) is 1. The molecule has 0 radical (unpaired) electrons. The van der Waals surface area contributed by atoms with Gasteiger partial charge < -0.3 is 10.1 Å². The predicted molar refractivity (Wildman–Crippen MR) is 96.0 cm³/mol. The van der Waals surface area contributed by atoms with Crippen molar-refractivity contribution in [3.63, 3.8) is 0 Å². The van der Waals surface area contributed by atoms with Gasteiger partial charge in [-0.15, -0.1) is 0 Å². The van der Waals surface area contributed by atoms with Crippen molar-refractivity contribution in [3.8, 4) is 5.75 Å². The van der Waals surface area contributed by atoms with Gasteiger partial charge >= 0.3 is 0 Å². The second-order valence-electron chi connectivity index (χ2n) is 8.27. The fourth-order valence-electron chi connectivity index (χ4n) is 5.75. The molecule has 1 aromatic carbocycles. The Hall–Kier alpha value is -1.77. The topological polar surface area (TPSA) is 38.3 Å². The van der Waals surface area contributed by atoms with E-state index in [1.54, 1.807) is 0 Å². The van der Waals surface area contributed by atoms with Crippen molar-refractivity contribution in [2.75, 3.05) is 11.9 Å². The van der Waals surface area contributed by atoms with E-state index in [9.17, 15) is 4.79 Å². The molecule has 0 atom stereocenters. The molecule has 0 heterocycles. The van der Waals surface area contributed by atoms with Crippen LogP contribution in [0.3, 0.4) is 0 Å². The maximum atomic E-state index is 11.3. The van der Waals surface area contributed by atoms with Crippen molar-refractivity contribution in [2.45, 2.75) is 45.4 Å². The second kappa shape index (κ2) is 5.94. The smallest absolute Gasteiger partial charge is 0.221 e. The van der Waals surface area contributed by atoms with Crippen LogP contribution in [0, 0.1) is 23.2 Å². The molecule has 3 heteroatoms. The third-order valence-electron chi connectivity index (χ3n) is 6.39. The first-order chi connectivity index (χ1) is 11.5. The fraction of sp³-hybridized carbons (Fsp3) is 0.571.